The highest BCUT2D eigenvalue weighted by Crippen LogP contribution is 2.26. The maximum absolute atomic E-state index is 5.40. The summed E-state index contributed by atoms with van der Waals surface area (Å²) in [6, 6.07) is 6.68. The molecule has 0 saturated carbocycles. The van der Waals surface area contributed by atoms with E-state index < -0.39 is 0 Å². The minimum absolute atomic E-state index is 0.739. The van der Waals surface area contributed by atoms with Crippen molar-refractivity contribution in [2.24, 2.45) is 0 Å². The smallest absolute Gasteiger partial charge is 0.0587 e. The third-order valence-electron chi connectivity index (χ3n) is 4.00. The zero-order valence-electron chi connectivity index (χ0n) is 13.2. The Morgan fingerprint density at radius 2 is 2.14 bits per heavy atom. The van der Waals surface area contributed by atoms with Gasteiger partial charge in [0.2, 0.25) is 0 Å². The Balaban J connectivity index is 2.23. The van der Waals surface area contributed by atoms with Gasteiger partial charge in [-0.1, -0.05) is 6.07 Å². The molecule has 112 valence electrons. The van der Waals surface area contributed by atoms with Crippen LogP contribution in [0.1, 0.15) is 23.2 Å². The average Bonchev–Trinajstić information content (AvgIpc) is 2.73. The molecule has 0 aliphatic carbocycles. The lowest BCUT2D eigenvalue weighted by Gasteiger charge is -2.07. The van der Waals surface area contributed by atoms with Crippen molar-refractivity contribution in [1.82, 2.24) is 9.88 Å². The van der Waals surface area contributed by atoms with Crippen LogP contribution < -0.4 is 5.32 Å². The Kier molecular flexibility index (Phi) is 5.44. The molecule has 0 saturated heterocycles. The van der Waals surface area contributed by atoms with Crippen LogP contribution in [-0.2, 0) is 17.8 Å². The van der Waals surface area contributed by atoms with Gasteiger partial charge in [-0.05, 0) is 37.1 Å². The number of aryl methyl sites for hydroxylation is 2. The monoisotopic (exact) mass is 284 g/mol. The molecule has 0 spiro atoms. The summed E-state index contributed by atoms with van der Waals surface area (Å²) in [6.07, 6.45) is 6.17. The molecule has 0 radical (unpaired) electrons. The Labute approximate surface area is 127 Å². The van der Waals surface area contributed by atoms with Crippen molar-refractivity contribution in [1.29, 1.82) is 0 Å². The van der Waals surface area contributed by atoms with Gasteiger partial charge < -0.3 is 14.6 Å². The van der Waals surface area contributed by atoms with Gasteiger partial charge in [-0.25, -0.2) is 0 Å². The average molecular weight is 284 g/mol. The maximum Gasteiger partial charge on any atom is 0.0587 e. The lowest BCUT2D eigenvalue weighted by atomic mass is 10.1. The zero-order chi connectivity index (χ0) is 15.2. The second-order valence-electron chi connectivity index (χ2n) is 5.34. The van der Waals surface area contributed by atoms with Crippen molar-refractivity contribution >= 4 is 10.9 Å². The number of hydrogen-bond donors (Lipinski definition) is 1. The second kappa shape index (κ2) is 7.31. The van der Waals surface area contributed by atoms with E-state index >= 15 is 0 Å². The minimum Gasteiger partial charge on any atom is -0.383 e. The van der Waals surface area contributed by atoms with Gasteiger partial charge in [0.25, 0.3) is 0 Å². The first-order valence-electron chi connectivity index (χ1n) is 7.40. The summed E-state index contributed by atoms with van der Waals surface area (Å²) >= 11 is 0. The predicted octanol–water partition coefficient (Wildman–Crippen LogP) is 3.02. The third kappa shape index (κ3) is 3.47. The largest absolute Gasteiger partial charge is 0.383 e. The predicted molar refractivity (Wildman–Crippen MR) is 88.4 cm³/mol. The van der Waals surface area contributed by atoms with E-state index in [4.69, 9.17) is 11.2 Å². The lowest BCUT2D eigenvalue weighted by molar-refractivity contribution is 0.199. The summed E-state index contributed by atoms with van der Waals surface area (Å²) in [6.45, 7) is 7.72. The molecule has 2 rings (SSSR count). The molecule has 0 atom stereocenters. The van der Waals surface area contributed by atoms with Gasteiger partial charge in [-0.15, -0.1) is 12.3 Å². The molecule has 0 bridgehead atoms. The van der Waals surface area contributed by atoms with E-state index in [1.165, 1.54) is 27.7 Å². The Morgan fingerprint density at radius 1 is 1.33 bits per heavy atom. The van der Waals surface area contributed by atoms with Gasteiger partial charge in [-0.2, -0.15) is 0 Å². The molecule has 0 aliphatic rings. The first-order chi connectivity index (χ1) is 10.2. The van der Waals surface area contributed by atoms with Crippen molar-refractivity contribution in [3.05, 3.63) is 35.0 Å². The molecule has 0 aliphatic heterocycles. The molecule has 21 heavy (non-hydrogen) atoms. The fourth-order valence-corrected chi connectivity index (χ4v) is 2.68. The number of benzene rings is 1. The molecular weight excluding hydrogens is 260 g/mol. The van der Waals surface area contributed by atoms with Gasteiger partial charge in [0.15, 0.2) is 0 Å². The lowest BCUT2D eigenvalue weighted by Crippen LogP contribution is -2.18. The van der Waals surface area contributed by atoms with Gasteiger partial charge >= 0.3 is 0 Å². The van der Waals surface area contributed by atoms with E-state index in [0.29, 0.717) is 0 Å². The summed E-state index contributed by atoms with van der Waals surface area (Å²) in [4.78, 5) is 0. The summed E-state index contributed by atoms with van der Waals surface area (Å²) in [5.74, 6) is 2.73. The topological polar surface area (TPSA) is 26.2 Å². The zero-order valence-corrected chi connectivity index (χ0v) is 13.2. The molecule has 0 fully saturated rings. The fraction of sp³-hybridized carbons (Fsp3) is 0.444. The molecule has 1 aromatic heterocycles. The first kappa shape index (κ1) is 15.6. The fourth-order valence-electron chi connectivity index (χ4n) is 2.68. The quantitative estimate of drug-likeness (QED) is 0.625. The van der Waals surface area contributed by atoms with Crippen LogP contribution >= 0.6 is 0 Å². The van der Waals surface area contributed by atoms with E-state index in [0.717, 1.165) is 32.7 Å². The highest BCUT2D eigenvalue weighted by Gasteiger charge is 2.10. The molecule has 0 amide bonds. The van der Waals surface area contributed by atoms with Gasteiger partial charge in [0.05, 0.1) is 6.61 Å². The van der Waals surface area contributed by atoms with Crippen LogP contribution in [0.25, 0.3) is 10.9 Å². The van der Waals surface area contributed by atoms with Crippen LogP contribution in [0, 0.1) is 26.2 Å². The molecule has 2 aromatic rings. The van der Waals surface area contributed by atoms with Gasteiger partial charge in [0, 0.05) is 49.8 Å². The van der Waals surface area contributed by atoms with E-state index in [-0.39, 0.29) is 0 Å². The SMILES string of the molecule is C#CCCn1c(C)c(C)c2cc(CNCCOC)ccc21. The van der Waals surface area contributed by atoms with Crippen LogP contribution in [0.2, 0.25) is 0 Å². The van der Waals surface area contributed by atoms with Crippen molar-refractivity contribution in [2.45, 2.75) is 33.4 Å². The van der Waals surface area contributed by atoms with Crippen LogP contribution in [0.5, 0.6) is 0 Å². The normalized spacial score (nSPS) is 11.0. The van der Waals surface area contributed by atoms with E-state index in [1.54, 1.807) is 7.11 Å². The standard InChI is InChI=1S/C18H24N2O/c1-5-6-10-20-15(3)14(2)17-12-16(7-8-18(17)20)13-19-9-11-21-4/h1,7-8,12,19H,6,9-11,13H2,2-4H3. The van der Waals surface area contributed by atoms with Gasteiger partial charge in [0.1, 0.15) is 0 Å². The third-order valence-corrected chi connectivity index (χ3v) is 4.00. The van der Waals surface area contributed by atoms with E-state index in [9.17, 15) is 0 Å². The highest BCUT2D eigenvalue weighted by molar-refractivity contribution is 5.86. The second-order valence-corrected chi connectivity index (χ2v) is 5.34. The van der Waals surface area contributed by atoms with Crippen molar-refractivity contribution in [2.75, 3.05) is 20.3 Å². The number of hydrogen-bond acceptors (Lipinski definition) is 2. The number of nitrogens with one attached hydrogen (secondary N) is 1. The van der Waals surface area contributed by atoms with E-state index in [1.807, 2.05) is 0 Å². The highest BCUT2D eigenvalue weighted by atomic mass is 16.5. The van der Waals surface area contributed by atoms with Crippen LogP contribution in [-0.4, -0.2) is 24.8 Å². The number of rotatable bonds is 7. The Hall–Kier alpha value is -1.76. The Morgan fingerprint density at radius 3 is 2.86 bits per heavy atom. The molecule has 3 nitrogen and oxygen atoms in total. The number of ether oxygens (including phenoxy) is 1. The Bertz CT molecular complexity index is 649. The van der Waals surface area contributed by atoms with E-state index in [2.05, 4.69) is 47.9 Å². The summed E-state index contributed by atoms with van der Waals surface area (Å²) in [5, 5.41) is 4.71. The molecule has 3 heteroatoms. The minimum atomic E-state index is 0.739. The van der Waals surface area contributed by atoms with Crippen molar-refractivity contribution < 1.29 is 4.74 Å². The summed E-state index contributed by atoms with van der Waals surface area (Å²) in [7, 11) is 1.72. The molecule has 1 N–H and O–H groups in total. The number of nitrogens with zero attached hydrogens (tertiary/aromatic N) is 1. The van der Waals surface area contributed by atoms with Gasteiger partial charge in [-0.3, -0.25) is 0 Å². The number of fused-ring (bicyclic) bond motifs is 1. The molecular formula is C18H24N2O. The molecule has 1 aromatic carbocycles. The van der Waals surface area contributed by atoms with Crippen LogP contribution in [0.4, 0.5) is 0 Å². The number of aromatic nitrogens is 1. The summed E-state index contributed by atoms with van der Waals surface area (Å²) in [5.41, 5.74) is 5.24. The van der Waals surface area contributed by atoms with Crippen LogP contribution in [0.3, 0.4) is 0 Å². The maximum atomic E-state index is 5.40. The van der Waals surface area contributed by atoms with Crippen LogP contribution in [0.15, 0.2) is 18.2 Å². The number of methoxy groups -OCH3 is 1. The number of terminal acetylenes is 1. The molecule has 0 unspecified atom stereocenters. The summed E-state index contributed by atoms with van der Waals surface area (Å²) < 4.78 is 7.37. The van der Waals surface area contributed by atoms with Crippen molar-refractivity contribution in [3.63, 3.8) is 0 Å². The van der Waals surface area contributed by atoms with Crippen molar-refractivity contribution in [3.8, 4) is 12.3 Å². The first-order valence-corrected chi connectivity index (χ1v) is 7.40. The molecule has 1 heterocycles.